The van der Waals surface area contributed by atoms with E-state index in [0.29, 0.717) is 18.0 Å². The first-order valence-corrected chi connectivity index (χ1v) is 13.0. The smallest absolute Gasteiger partial charge is 0.317 e. The van der Waals surface area contributed by atoms with Gasteiger partial charge in [-0.25, -0.2) is 9.18 Å². The molecule has 0 aliphatic rings. The number of aliphatic hydroxyl groups is 1. The Balaban J connectivity index is 3.24. The second-order valence-electron chi connectivity index (χ2n) is 12.3. The number of halogens is 1. The zero-order chi connectivity index (χ0) is 28.6. The topological polar surface area (TPSA) is 111 Å². The molecule has 2 unspecified atom stereocenters. The molecule has 4 amide bonds. The van der Waals surface area contributed by atoms with Crippen molar-refractivity contribution in [1.29, 1.82) is 0 Å². The van der Waals surface area contributed by atoms with Crippen molar-refractivity contribution in [2.45, 2.75) is 98.9 Å². The summed E-state index contributed by atoms with van der Waals surface area (Å²) in [4.78, 5) is 39.7. The van der Waals surface area contributed by atoms with Gasteiger partial charge in [0, 0.05) is 19.0 Å². The highest BCUT2D eigenvalue weighted by Crippen LogP contribution is 2.20. The molecule has 1 rings (SSSR count). The third kappa shape index (κ3) is 12.4. The van der Waals surface area contributed by atoms with Crippen molar-refractivity contribution < 1.29 is 23.9 Å². The summed E-state index contributed by atoms with van der Waals surface area (Å²) in [7, 11) is 0. The van der Waals surface area contributed by atoms with Crippen LogP contribution in [-0.2, 0) is 16.0 Å². The van der Waals surface area contributed by atoms with Gasteiger partial charge in [0.2, 0.25) is 11.8 Å². The molecule has 1 aromatic carbocycles. The number of nitrogens with zero attached hydrogens (tertiary/aromatic N) is 1. The molecule has 8 nitrogen and oxygen atoms in total. The number of carbonyl (C=O) groups is 3. The summed E-state index contributed by atoms with van der Waals surface area (Å²) in [6, 6.07) is 3.90. The first kappa shape index (κ1) is 32.3. The van der Waals surface area contributed by atoms with Crippen molar-refractivity contribution in [3.8, 4) is 0 Å². The summed E-state index contributed by atoms with van der Waals surface area (Å²) in [5.41, 5.74) is -0.333. The van der Waals surface area contributed by atoms with Gasteiger partial charge >= 0.3 is 6.03 Å². The lowest BCUT2D eigenvalue weighted by molar-refractivity contribution is -0.131. The zero-order valence-electron chi connectivity index (χ0n) is 23.9. The Morgan fingerprint density at radius 2 is 1.57 bits per heavy atom. The second kappa shape index (κ2) is 13.7. The Labute approximate surface area is 221 Å². The van der Waals surface area contributed by atoms with Crippen LogP contribution in [0, 0.1) is 17.2 Å². The molecule has 9 heteroatoms. The predicted molar refractivity (Wildman–Crippen MR) is 144 cm³/mol. The summed E-state index contributed by atoms with van der Waals surface area (Å²) in [5.74, 6) is -0.824. The molecule has 3 atom stereocenters. The van der Waals surface area contributed by atoms with E-state index < -0.39 is 35.0 Å². The lowest BCUT2D eigenvalue weighted by Gasteiger charge is -2.35. The van der Waals surface area contributed by atoms with Crippen molar-refractivity contribution in [2.75, 3.05) is 13.1 Å². The summed E-state index contributed by atoms with van der Waals surface area (Å²) >= 11 is 0. The molecule has 0 radical (unpaired) electrons. The molecule has 1 aromatic rings. The number of hydrogen-bond acceptors (Lipinski definition) is 4. The average molecular weight is 523 g/mol. The summed E-state index contributed by atoms with van der Waals surface area (Å²) < 4.78 is 13.5. The molecule has 0 aromatic heterocycles. The van der Waals surface area contributed by atoms with E-state index in [4.69, 9.17) is 0 Å². The molecule has 0 aliphatic heterocycles. The van der Waals surface area contributed by atoms with Crippen LogP contribution in [0.15, 0.2) is 24.3 Å². The first-order valence-electron chi connectivity index (χ1n) is 13.0. The molecule has 0 aliphatic carbocycles. The molecule has 0 spiro atoms. The number of hydrogen-bond donors (Lipinski definition) is 4. The van der Waals surface area contributed by atoms with Crippen LogP contribution in [0.2, 0.25) is 0 Å². The lowest BCUT2D eigenvalue weighted by atomic mass is 9.85. The number of nitrogens with one attached hydrogen (secondary N) is 3. The molecule has 0 saturated carbocycles. The maximum Gasteiger partial charge on any atom is 0.317 e. The van der Waals surface area contributed by atoms with Gasteiger partial charge in [0.1, 0.15) is 11.9 Å². The minimum absolute atomic E-state index is 0.0128. The highest BCUT2D eigenvalue weighted by molar-refractivity contribution is 5.87. The van der Waals surface area contributed by atoms with E-state index in [1.807, 2.05) is 41.5 Å². The van der Waals surface area contributed by atoms with Gasteiger partial charge < -0.3 is 26.0 Å². The predicted octanol–water partition coefficient (Wildman–Crippen LogP) is 3.62. The van der Waals surface area contributed by atoms with Gasteiger partial charge in [-0.3, -0.25) is 9.59 Å². The number of urea groups is 1. The molecule has 37 heavy (non-hydrogen) atoms. The van der Waals surface area contributed by atoms with E-state index in [9.17, 15) is 23.9 Å². The first-order chi connectivity index (χ1) is 16.9. The van der Waals surface area contributed by atoms with Gasteiger partial charge in [-0.15, -0.1) is 0 Å². The molecular weight excluding hydrogens is 475 g/mol. The Bertz CT molecular complexity index is 891. The number of carbonyl (C=O) groups excluding carboxylic acids is 3. The number of rotatable bonds is 11. The van der Waals surface area contributed by atoms with Crippen LogP contribution in [0.25, 0.3) is 0 Å². The van der Waals surface area contributed by atoms with Gasteiger partial charge in [0.05, 0.1) is 18.7 Å². The van der Waals surface area contributed by atoms with Crippen LogP contribution >= 0.6 is 0 Å². The largest absolute Gasteiger partial charge is 0.389 e. The van der Waals surface area contributed by atoms with Crippen LogP contribution in [-0.4, -0.2) is 64.7 Å². The summed E-state index contributed by atoms with van der Waals surface area (Å²) in [6.45, 7) is 17.0. The Kier molecular flexibility index (Phi) is 12.0. The van der Waals surface area contributed by atoms with E-state index in [1.165, 1.54) is 19.1 Å². The van der Waals surface area contributed by atoms with E-state index >= 15 is 0 Å². The van der Waals surface area contributed by atoms with Gasteiger partial charge in [-0.2, -0.15) is 0 Å². The van der Waals surface area contributed by atoms with Crippen molar-refractivity contribution in [3.05, 3.63) is 35.6 Å². The third-order valence-electron chi connectivity index (χ3n) is 5.79. The number of benzene rings is 1. The summed E-state index contributed by atoms with van der Waals surface area (Å²) in [6.07, 6.45) is -0.165. The maximum absolute atomic E-state index is 13.5. The molecular formula is C28H47FN4O4. The van der Waals surface area contributed by atoms with E-state index in [2.05, 4.69) is 29.8 Å². The SMILES string of the molecule is CC(=O)NC(C(=O)N[C@@H](Cc1ccc(F)cc1)C(O)CN(CCC(C)C)C(=O)NC(C)(C)C)C(C)(C)C. The van der Waals surface area contributed by atoms with Gasteiger partial charge in [0.15, 0.2) is 0 Å². The van der Waals surface area contributed by atoms with Crippen molar-refractivity contribution in [2.24, 2.45) is 11.3 Å². The normalized spacial score (nSPS) is 14.5. The van der Waals surface area contributed by atoms with Crippen molar-refractivity contribution in [3.63, 3.8) is 0 Å². The lowest BCUT2D eigenvalue weighted by Crippen LogP contribution is -2.59. The Hall–Kier alpha value is -2.68. The molecule has 4 N–H and O–H groups in total. The second-order valence-corrected chi connectivity index (χ2v) is 12.3. The fourth-order valence-corrected chi connectivity index (χ4v) is 3.75. The van der Waals surface area contributed by atoms with Crippen LogP contribution in [0.5, 0.6) is 0 Å². The van der Waals surface area contributed by atoms with E-state index in [1.54, 1.807) is 17.0 Å². The van der Waals surface area contributed by atoms with E-state index in [0.717, 1.165) is 6.42 Å². The third-order valence-corrected chi connectivity index (χ3v) is 5.79. The number of amides is 4. The minimum atomic E-state index is -1.12. The Morgan fingerprint density at radius 1 is 1.00 bits per heavy atom. The number of aliphatic hydroxyl groups excluding tert-OH is 1. The van der Waals surface area contributed by atoms with E-state index in [-0.39, 0.29) is 30.7 Å². The fourth-order valence-electron chi connectivity index (χ4n) is 3.75. The van der Waals surface area contributed by atoms with Crippen LogP contribution in [0.1, 0.15) is 74.3 Å². The van der Waals surface area contributed by atoms with Gasteiger partial charge in [0.25, 0.3) is 0 Å². The maximum atomic E-state index is 13.5. The van der Waals surface area contributed by atoms with Gasteiger partial charge in [-0.05, 0) is 62.6 Å². The molecule has 0 heterocycles. The zero-order valence-corrected chi connectivity index (χ0v) is 23.9. The molecule has 0 bridgehead atoms. The van der Waals surface area contributed by atoms with Crippen LogP contribution in [0.3, 0.4) is 0 Å². The van der Waals surface area contributed by atoms with Gasteiger partial charge in [-0.1, -0.05) is 46.8 Å². The highest BCUT2D eigenvalue weighted by atomic mass is 19.1. The van der Waals surface area contributed by atoms with Crippen molar-refractivity contribution >= 4 is 17.8 Å². The Morgan fingerprint density at radius 3 is 2.03 bits per heavy atom. The molecule has 210 valence electrons. The molecule has 0 fully saturated rings. The summed E-state index contributed by atoms with van der Waals surface area (Å²) in [5, 5.41) is 19.9. The minimum Gasteiger partial charge on any atom is -0.389 e. The molecule has 0 saturated heterocycles. The fraction of sp³-hybridized carbons (Fsp3) is 0.679. The average Bonchev–Trinajstić information content (AvgIpc) is 2.73. The van der Waals surface area contributed by atoms with Crippen LogP contribution in [0.4, 0.5) is 9.18 Å². The standard InChI is InChI=1S/C28H47FN4O4/c1-18(2)14-15-33(26(37)32-28(7,8)9)17-23(35)22(16-20-10-12-21(29)13-11-20)31-25(36)24(27(4,5)6)30-19(3)34/h10-13,18,22-24,35H,14-17H2,1-9H3,(H,30,34)(H,31,36)(H,32,37)/t22-,23?,24?/m0/s1. The van der Waals surface area contributed by atoms with Crippen LogP contribution < -0.4 is 16.0 Å². The van der Waals surface area contributed by atoms with Crippen molar-refractivity contribution in [1.82, 2.24) is 20.9 Å². The highest BCUT2D eigenvalue weighted by Gasteiger charge is 2.35. The monoisotopic (exact) mass is 522 g/mol. The quantitative estimate of drug-likeness (QED) is 0.356.